The van der Waals surface area contributed by atoms with Crippen LogP contribution < -0.4 is 10.9 Å². The molecule has 0 spiro atoms. The monoisotopic (exact) mass is 506 g/mol. The largest absolute Gasteiger partial charge is 0.406 e. The summed E-state index contributed by atoms with van der Waals surface area (Å²) in [5.41, 5.74) is -1.73. The number of halogens is 6. The third-order valence-electron chi connectivity index (χ3n) is 5.86. The van der Waals surface area contributed by atoms with Gasteiger partial charge in [-0.05, 0) is 30.7 Å². The zero-order chi connectivity index (χ0) is 26.0. The number of likely N-dealkylation sites (tertiary alicyclic amines) is 1. The van der Waals surface area contributed by atoms with Gasteiger partial charge < -0.3 is 15.0 Å². The van der Waals surface area contributed by atoms with Crippen molar-refractivity contribution in [2.24, 2.45) is 0 Å². The molecule has 0 radical (unpaired) electrons. The van der Waals surface area contributed by atoms with Crippen LogP contribution in [0, 0.1) is 5.82 Å². The molecule has 0 saturated carbocycles. The number of alkyl halides is 5. The number of anilines is 1. The summed E-state index contributed by atoms with van der Waals surface area (Å²) in [6, 6.07) is 2.87. The first kappa shape index (κ1) is 26.7. The SMILES string of the molecule is C[C@@H](CC(=O)Nc1ccc(F)cn1)N1CCC(F)(F)C(c2cc(CO)c(=O)n(CC(F)(F)F)c2)C1. The van der Waals surface area contributed by atoms with E-state index in [0.717, 1.165) is 24.5 Å². The molecule has 1 amide bonds. The van der Waals surface area contributed by atoms with Gasteiger partial charge in [-0.1, -0.05) is 0 Å². The van der Waals surface area contributed by atoms with Crippen LogP contribution in [0.2, 0.25) is 0 Å². The fourth-order valence-corrected chi connectivity index (χ4v) is 4.05. The number of hydrogen-bond acceptors (Lipinski definition) is 5. The Morgan fingerprint density at radius 1 is 1.34 bits per heavy atom. The molecule has 3 rings (SSSR count). The van der Waals surface area contributed by atoms with E-state index < -0.39 is 66.5 Å². The Balaban J connectivity index is 1.79. The van der Waals surface area contributed by atoms with Crippen LogP contribution in [-0.4, -0.2) is 56.7 Å². The average molecular weight is 506 g/mol. The Bertz CT molecular complexity index is 1100. The molecule has 192 valence electrons. The summed E-state index contributed by atoms with van der Waals surface area (Å²) in [5, 5.41) is 11.9. The maximum atomic E-state index is 14.9. The number of pyridine rings is 2. The number of hydrogen-bond donors (Lipinski definition) is 2. The second kappa shape index (κ2) is 10.4. The maximum absolute atomic E-state index is 14.9. The molecular formula is C22H24F6N4O3. The Labute approximate surface area is 196 Å². The number of aliphatic hydroxyl groups excluding tert-OH is 1. The van der Waals surface area contributed by atoms with Crippen LogP contribution in [0.5, 0.6) is 0 Å². The van der Waals surface area contributed by atoms with Crippen molar-refractivity contribution in [2.45, 2.75) is 57.0 Å². The number of carbonyl (C=O) groups is 1. The van der Waals surface area contributed by atoms with E-state index >= 15 is 0 Å². The smallest absolute Gasteiger partial charge is 0.391 e. The van der Waals surface area contributed by atoms with Gasteiger partial charge in [0, 0.05) is 43.7 Å². The highest BCUT2D eigenvalue weighted by atomic mass is 19.4. The third kappa shape index (κ3) is 6.82. The number of nitrogens with zero attached hydrogens (tertiary/aromatic N) is 3. The molecule has 1 aliphatic heterocycles. The van der Waals surface area contributed by atoms with Crippen molar-refractivity contribution in [3.05, 3.63) is 57.9 Å². The van der Waals surface area contributed by atoms with Crippen LogP contribution in [0.3, 0.4) is 0 Å². The lowest BCUT2D eigenvalue weighted by Crippen LogP contribution is -2.50. The highest BCUT2D eigenvalue weighted by Gasteiger charge is 2.46. The fraction of sp³-hybridized carbons (Fsp3) is 0.500. The number of nitrogens with one attached hydrogen (secondary N) is 1. The standard InChI is InChI=1S/C22H24F6N4O3/c1-13(6-19(34)30-18-3-2-16(23)8-29-18)31-5-4-21(24,25)17(10-31)14-7-15(11-33)20(35)32(9-14)12-22(26,27)28/h2-3,7-9,13,17,33H,4-6,10-12H2,1H3,(H,29,30,34)/t13-,17?/m0/s1. The van der Waals surface area contributed by atoms with Crippen molar-refractivity contribution in [1.29, 1.82) is 0 Å². The zero-order valence-electron chi connectivity index (χ0n) is 18.7. The van der Waals surface area contributed by atoms with Crippen LogP contribution >= 0.6 is 0 Å². The van der Waals surface area contributed by atoms with Gasteiger partial charge in [0.2, 0.25) is 5.91 Å². The quantitative estimate of drug-likeness (QED) is 0.563. The van der Waals surface area contributed by atoms with Gasteiger partial charge in [0.15, 0.2) is 0 Å². The summed E-state index contributed by atoms with van der Waals surface area (Å²) in [4.78, 5) is 29.8. The molecule has 2 aromatic rings. The van der Waals surface area contributed by atoms with Crippen molar-refractivity contribution >= 4 is 11.7 Å². The molecule has 2 atom stereocenters. The minimum atomic E-state index is -4.77. The molecule has 7 nitrogen and oxygen atoms in total. The molecule has 0 aromatic carbocycles. The maximum Gasteiger partial charge on any atom is 0.406 e. The van der Waals surface area contributed by atoms with Gasteiger partial charge >= 0.3 is 6.18 Å². The third-order valence-corrected chi connectivity index (χ3v) is 5.86. The first-order chi connectivity index (χ1) is 16.3. The van der Waals surface area contributed by atoms with E-state index in [1.165, 1.54) is 6.07 Å². The molecule has 0 bridgehead atoms. The molecule has 1 saturated heterocycles. The highest BCUT2D eigenvalue weighted by molar-refractivity contribution is 5.90. The van der Waals surface area contributed by atoms with E-state index in [-0.39, 0.29) is 35.5 Å². The van der Waals surface area contributed by atoms with Crippen LogP contribution in [0.25, 0.3) is 0 Å². The second-order valence-electron chi connectivity index (χ2n) is 8.53. The van der Waals surface area contributed by atoms with Gasteiger partial charge in [-0.2, -0.15) is 13.2 Å². The lowest BCUT2D eigenvalue weighted by atomic mass is 9.86. The molecule has 35 heavy (non-hydrogen) atoms. The second-order valence-corrected chi connectivity index (χ2v) is 8.53. The first-order valence-electron chi connectivity index (χ1n) is 10.7. The van der Waals surface area contributed by atoms with E-state index in [9.17, 15) is 41.0 Å². The van der Waals surface area contributed by atoms with Crippen molar-refractivity contribution in [3.63, 3.8) is 0 Å². The summed E-state index contributed by atoms with van der Waals surface area (Å²) in [6.45, 7) is -1.29. The Morgan fingerprint density at radius 3 is 2.66 bits per heavy atom. The van der Waals surface area contributed by atoms with Gasteiger partial charge in [0.05, 0.1) is 18.7 Å². The van der Waals surface area contributed by atoms with E-state index in [0.29, 0.717) is 0 Å². The Hall–Kier alpha value is -2.93. The fourth-order valence-electron chi connectivity index (χ4n) is 4.05. The summed E-state index contributed by atoms with van der Waals surface area (Å²) in [6.07, 6.45) is -3.80. The molecule has 2 aromatic heterocycles. The van der Waals surface area contributed by atoms with Crippen LogP contribution in [0.1, 0.15) is 36.8 Å². The molecular weight excluding hydrogens is 482 g/mol. The van der Waals surface area contributed by atoms with Gasteiger partial charge in [-0.15, -0.1) is 0 Å². The van der Waals surface area contributed by atoms with Crippen molar-refractivity contribution in [1.82, 2.24) is 14.5 Å². The zero-order valence-corrected chi connectivity index (χ0v) is 18.7. The van der Waals surface area contributed by atoms with Crippen LogP contribution in [0.4, 0.5) is 32.2 Å². The molecule has 2 N–H and O–H groups in total. The first-order valence-corrected chi connectivity index (χ1v) is 10.7. The summed E-state index contributed by atoms with van der Waals surface area (Å²) >= 11 is 0. The summed E-state index contributed by atoms with van der Waals surface area (Å²) in [7, 11) is 0. The van der Waals surface area contributed by atoms with E-state index in [4.69, 9.17) is 0 Å². The van der Waals surface area contributed by atoms with Gasteiger partial charge in [-0.25, -0.2) is 18.2 Å². The van der Waals surface area contributed by atoms with E-state index in [1.54, 1.807) is 11.8 Å². The minimum absolute atomic E-state index is 0.0677. The van der Waals surface area contributed by atoms with E-state index in [1.807, 2.05) is 0 Å². The minimum Gasteiger partial charge on any atom is -0.391 e. The number of aliphatic hydroxyl groups is 1. The highest BCUT2D eigenvalue weighted by Crippen LogP contribution is 2.41. The normalized spacial score (nSPS) is 19.4. The van der Waals surface area contributed by atoms with Crippen molar-refractivity contribution in [3.8, 4) is 0 Å². The lowest BCUT2D eigenvalue weighted by molar-refractivity contribution is -0.141. The Kier molecular flexibility index (Phi) is 7.90. The molecule has 1 fully saturated rings. The van der Waals surface area contributed by atoms with Gasteiger partial charge in [0.1, 0.15) is 18.2 Å². The van der Waals surface area contributed by atoms with Crippen molar-refractivity contribution < 1.29 is 36.2 Å². The lowest BCUT2D eigenvalue weighted by Gasteiger charge is -2.41. The molecule has 1 unspecified atom stereocenters. The van der Waals surface area contributed by atoms with E-state index in [2.05, 4.69) is 10.3 Å². The van der Waals surface area contributed by atoms with Crippen molar-refractivity contribution in [2.75, 3.05) is 18.4 Å². The predicted molar refractivity (Wildman–Crippen MR) is 113 cm³/mol. The number of rotatable bonds is 7. The number of aromatic nitrogens is 2. The topological polar surface area (TPSA) is 87.5 Å². The molecule has 1 aliphatic rings. The Morgan fingerprint density at radius 2 is 2.06 bits per heavy atom. The number of piperidine rings is 1. The van der Waals surface area contributed by atoms with Gasteiger partial charge in [0.25, 0.3) is 11.5 Å². The molecule has 3 heterocycles. The average Bonchev–Trinajstić information content (AvgIpc) is 2.75. The summed E-state index contributed by atoms with van der Waals surface area (Å²) < 4.78 is 81.7. The van der Waals surface area contributed by atoms with Gasteiger partial charge in [-0.3, -0.25) is 14.5 Å². The number of carbonyl (C=O) groups excluding carboxylic acids is 1. The molecule has 0 aliphatic carbocycles. The predicted octanol–water partition coefficient (Wildman–Crippen LogP) is 3.28. The van der Waals surface area contributed by atoms with Crippen LogP contribution in [0.15, 0.2) is 35.4 Å². The van der Waals surface area contributed by atoms with Crippen LogP contribution in [-0.2, 0) is 17.9 Å². The summed E-state index contributed by atoms with van der Waals surface area (Å²) in [5.74, 6) is -5.79. The molecule has 13 heteroatoms. The number of amides is 1.